The minimum atomic E-state index is -0.368. The Morgan fingerprint density at radius 3 is 2.95 bits per heavy atom. The first-order valence-electron chi connectivity index (χ1n) is 7.28. The zero-order valence-corrected chi connectivity index (χ0v) is 12.8. The molecule has 1 amide bonds. The Bertz CT molecular complexity index is 708. The molecule has 0 spiro atoms. The molecular weight excluding hydrogens is 284 g/mol. The molecule has 116 valence electrons. The van der Waals surface area contributed by atoms with Crippen LogP contribution in [0.3, 0.4) is 0 Å². The van der Waals surface area contributed by atoms with E-state index in [0.29, 0.717) is 23.7 Å². The van der Waals surface area contributed by atoms with E-state index in [1.165, 1.54) is 0 Å². The molecule has 1 aromatic heterocycles. The topological polar surface area (TPSA) is 73.6 Å². The van der Waals surface area contributed by atoms with Gasteiger partial charge in [0.05, 0.1) is 18.0 Å². The zero-order valence-electron chi connectivity index (χ0n) is 12.8. The summed E-state index contributed by atoms with van der Waals surface area (Å²) in [5.41, 5.74) is 2.31. The van der Waals surface area contributed by atoms with Crippen molar-refractivity contribution < 1.29 is 18.8 Å². The first-order chi connectivity index (χ1) is 10.6. The Balaban J connectivity index is 1.89. The summed E-state index contributed by atoms with van der Waals surface area (Å²) in [5.74, 6) is 1.20. The maximum atomic E-state index is 12.2. The number of nitrogens with one attached hydrogen (secondary N) is 1. The molecule has 3 rings (SSSR count). The highest BCUT2D eigenvalue weighted by Crippen LogP contribution is 2.38. The highest BCUT2D eigenvalue weighted by Gasteiger charge is 2.23. The van der Waals surface area contributed by atoms with E-state index >= 15 is 0 Å². The summed E-state index contributed by atoms with van der Waals surface area (Å²) in [6.45, 7) is 6.18. The molecule has 0 aliphatic carbocycles. The molecule has 22 heavy (non-hydrogen) atoms. The molecule has 0 unspecified atom stereocenters. The number of rotatable bonds is 4. The molecule has 0 saturated carbocycles. The van der Waals surface area contributed by atoms with Crippen molar-refractivity contribution >= 4 is 11.6 Å². The van der Waals surface area contributed by atoms with Crippen LogP contribution in [0.5, 0.6) is 11.5 Å². The molecule has 2 heterocycles. The highest BCUT2D eigenvalue weighted by atomic mass is 16.5. The van der Waals surface area contributed by atoms with E-state index in [-0.39, 0.29) is 17.8 Å². The lowest BCUT2D eigenvalue weighted by atomic mass is 10.1. The Kier molecular flexibility index (Phi) is 3.75. The molecule has 1 aliphatic heterocycles. The second kappa shape index (κ2) is 5.71. The summed E-state index contributed by atoms with van der Waals surface area (Å²) in [4.78, 5) is 12.2. The molecule has 1 atom stereocenters. The van der Waals surface area contributed by atoms with Crippen molar-refractivity contribution in [2.45, 2.75) is 33.3 Å². The number of aryl methyl sites for hydroxylation is 1. The normalized spacial score (nSPS) is 16.0. The van der Waals surface area contributed by atoms with E-state index in [1.807, 2.05) is 19.9 Å². The number of hydrogen-bond acceptors (Lipinski definition) is 5. The van der Waals surface area contributed by atoms with Crippen LogP contribution in [0, 0.1) is 6.92 Å². The predicted molar refractivity (Wildman–Crippen MR) is 80.6 cm³/mol. The van der Waals surface area contributed by atoms with Gasteiger partial charge >= 0.3 is 0 Å². The van der Waals surface area contributed by atoms with Crippen LogP contribution in [0.4, 0.5) is 5.69 Å². The lowest BCUT2D eigenvalue weighted by Gasteiger charge is -2.12. The third-order valence-electron chi connectivity index (χ3n) is 3.40. The maximum absolute atomic E-state index is 12.2. The summed E-state index contributed by atoms with van der Waals surface area (Å²) in [5, 5.41) is 6.51. The van der Waals surface area contributed by atoms with Crippen LogP contribution < -0.4 is 14.8 Å². The van der Waals surface area contributed by atoms with Gasteiger partial charge in [0.15, 0.2) is 0 Å². The minimum absolute atomic E-state index is 0.132. The smallest absolute Gasteiger partial charge is 0.294 e. The number of carbonyl (C=O) groups excluding carboxylic acids is 1. The molecule has 1 aliphatic rings. The fourth-order valence-electron chi connectivity index (χ4n) is 2.47. The second-order valence-electron chi connectivity index (χ2n) is 5.31. The largest absolute Gasteiger partial charge is 0.492 e. The zero-order chi connectivity index (χ0) is 15.7. The standard InChI is InChI=1S/C16H18N2O4/c1-4-20-14-7-11-6-10(3)21-13(11)8-12(14)17-16(19)15-5-9(2)18-22-15/h5,7-8,10H,4,6H2,1-3H3,(H,17,19)/t10-/m0/s1. The number of anilines is 1. The van der Waals surface area contributed by atoms with Crippen LogP contribution in [-0.2, 0) is 6.42 Å². The molecular formula is C16H18N2O4. The van der Waals surface area contributed by atoms with E-state index in [1.54, 1.807) is 19.1 Å². The molecule has 6 heteroatoms. The average Bonchev–Trinajstić information content (AvgIpc) is 3.04. The number of benzene rings is 1. The number of hydrogen-bond donors (Lipinski definition) is 1. The first-order valence-corrected chi connectivity index (χ1v) is 7.28. The fraction of sp³-hybridized carbons (Fsp3) is 0.375. The highest BCUT2D eigenvalue weighted by molar-refractivity contribution is 6.03. The Morgan fingerprint density at radius 1 is 1.45 bits per heavy atom. The summed E-state index contributed by atoms with van der Waals surface area (Å²) < 4.78 is 16.3. The number of ether oxygens (including phenoxy) is 2. The molecule has 0 fully saturated rings. The van der Waals surface area contributed by atoms with Gasteiger partial charge in [-0.05, 0) is 26.8 Å². The molecule has 2 aromatic rings. The van der Waals surface area contributed by atoms with Gasteiger partial charge in [-0.2, -0.15) is 0 Å². The Labute approximate surface area is 128 Å². The number of fused-ring (bicyclic) bond motifs is 1. The van der Waals surface area contributed by atoms with Crippen molar-refractivity contribution in [2.24, 2.45) is 0 Å². The number of nitrogens with zero attached hydrogens (tertiary/aromatic N) is 1. The van der Waals surface area contributed by atoms with Crippen molar-refractivity contribution in [1.82, 2.24) is 5.16 Å². The maximum Gasteiger partial charge on any atom is 0.294 e. The van der Waals surface area contributed by atoms with Crippen LogP contribution in [0.15, 0.2) is 22.7 Å². The van der Waals surface area contributed by atoms with Gasteiger partial charge in [0, 0.05) is 24.1 Å². The lowest BCUT2D eigenvalue weighted by Crippen LogP contribution is -2.12. The van der Waals surface area contributed by atoms with E-state index in [9.17, 15) is 4.79 Å². The van der Waals surface area contributed by atoms with Crippen molar-refractivity contribution in [3.05, 3.63) is 35.2 Å². The summed E-state index contributed by atoms with van der Waals surface area (Å²) in [6, 6.07) is 5.30. The summed E-state index contributed by atoms with van der Waals surface area (Å²) in [7, 11) is 0. The average molecular weight is 302 g/mol. The Hall–Kier alpha value is -2.50. The molecule has 0 radical (unpaired) electrons. The third kappa shape index (κ3) is 2.77. The van der Waals surface area contributed by atoms with Crippen molar-refractivity contribution in [1.29, 1.82) is 0 Å². The molecule has 0 saturated heterocycles. The van der Waals surface area contributed by atoms with Gasteiger partial charge in [-0.25, -0.2) is 0 Å². The van der Waals surface area contributed by atoms with Crippen molar-refractivity contribution in [2.75, 3.05) is 11.9 Å². The molecule has 0 bridgehead atoms. The Morgan fingerprint density at radius 2 is 2.27 bits per heavy atom. The van der Waals surface area contributed by atoms with Gasteiger partial charge in [0.25, 0.3) is 5.91 Å². The monoisotopic (exact) mass is 302 g/mol. The van der Waals surface area contributed by atoms with Crippen LogP contribution in [-0.4, -0.2) is 23.8 Å². The number of carbonyl (C=O) groups is 1. The number of amides is 1. The van der Waals surface area contributed by atoms with Gasteiger partial charge in [0.1, 0.15) is 17.6 Å². The predicted octanol–water partition coefficient (Wildman–Crippen LogP) is 2.96. The summed E-state index contributed by atoms with van der Waals surface area (Å²) >= 11 is 0. The van der Waals surface area contributed by atoms with Gasteiger partial charge in [-0.15, -0.1) is 0 Å². The summed E-state index contributed by atoms with van der Waals surface area (Å²) in [6.07, 6.45) is 0.970. The van der Waals surface area contributed by atoms with E-state index in [2.05, 4.69) is 10.5 Å². The van der Waals surface area contributed by atoms with E-state index in [4.69, 9.17) is 14.0 Å². The minimum Gasteiger partial charge on any atom is -0.492 e. The van der Waals surface area contributed by atoms with E-state index < -0.39 is 0 Å². The SMILES string of the molecule is CCOc1cc2c(cc1NC(=O)c1cc(C)no1)O[C@@H](C)C2. The molecule has 6 nitrogen and oxygen atoms in total. The van der Waals surface area contributed by atoms with Crippen molar-refractivity contribution in [3.8, 4) is 11.5 Å². The quantitative estimate of drug-likeness (QED) is 0.940. The van der Waals surface area contributed by atoms with Crippen LogP contribution in [0.2, 0.25) is 0 Å². The second-order valence-corrected chi connectivity index (χ2v) is 5.31. The van der Waals surface area contributed by atoms with E-state index in [0.717, 1.165) is 17.7 Å². The van der Waals surface area contributed by atoms with Crippen LogP contribution >= 0.6 is 0 Å². The third-order valence-corrected chi connectivity index (χ3v) is 3.40. The fourth-order valence-corrected chi connectivity index (χ4v) is 2.47. The first kappa shape index (κ1) is 14.4. The van der Waals surface area contributed by atoms with Crippen LogP contribution in [0.1, 0.15) is 35.7 Å². The lowest BCUT2D eigenvalue weighted by molar-refractivity contribution is 0.0987. The van der Waals surface area contributed by atoms with Crippen LogP contribution in [0.25, 0.3) is 0 Å². The number of aromatic nitrogens is 1. The van der Waals surface area contributed by atoms with Gasteiger partial charge in [-0.1, -0.05) is 5.16 Å². The van der Waals surface area contributed by atoms with Gasteiger partial charge in [-0.3, -0.25) is 4.79 Å². The molecule has 1 aromatic carbocycles. The molecule has 1 N–H and O–H groups in total. The van der Waals surface area contributed by atoms with Gasteiger partial charge < -0.3 is 19.3 Å². The van der Waals surface area contributed by atoms with Gasteiger partial charge in [0.2, 0.25) is 5.76 Å². The van der Waals surface area contributed by atoms with Crippen molar-refractivity contribution in [3.63, 3.8) is 0 Å².